The molecule has 148 valence electrons. The van der Waals surface area contributed by atoms with Gasteiger partial charge < -0.3 is 14.8 Å². The number of likely N-dealkylation sites (tertiary alicyclic amines) is 1. The number of carbonyl (C=O) groups excluding carboxylic acids is 1. The maximum Gasteiger partial charge on any atom is 0.254 e. The number of nitrogens with one attached hydrogen (secondary N) is 1. The highest BCUT2D eigenvalue weighted by molar-refractivity contribution is 5.95. The second-order valence-corrected chi connectivity index (χ2v) is 8.81. The Bertz CT molecular complexity index is 729. The number of carbonyl (C=O) groups is 1. The Morgan fingerprint density at radius 3 is 2.93 bits per heavy atom. The minimum Gasteiger partial charge on any atom is -0.381 e. The zero-order chi connectivity index (χ0) is 18.6. The summed E-state index contributed by atoms with van der Waals surface area (Å²) in [5, 5.41) is 7.45. The molecule has 0 aromatic carbocycles. The van der Waals surface area contributed by atoms with Crippen molar-refractivity contribution in [1.29, 1.82) is 0 Å². The fourth-order valence-electron chi connectivity index (χ4n) is 5.96. The van der Waals surface area contributed by atoms with Crippen LogP contribution in [0.25, 0.3) is 0 Å². The van der Waals surface area contributed by atoms with E-state index in [4.69, 9.17) is 9.47 Å². The summed E-state index contributed by atoms with van der Waals surface area (Å²) in [4.78, 5) is 15.3. The minimum absolute atomic E-state index is 0.0169. The van der Waals surface area contributed by atoms with E-state index in [1.165, 1.54) is 6.42 Å². The van der Waals surface area contributed by atoms with Crippen molar-refractivity contribution in [3.63, 3.8) is 0 Å². The molecular formula is C20H30N4O3. The third-order valence-electron chi connectivity index (χ3n) is 7.27. The number of aromatic nitrogens is 2. The van der Waals surface area contributed by atoms with Crippen LogP contribution in [0.1, 0.15) is 41.7 Å². The standard InChI is InChI=1S/C20H30N4O3/c1-13-16(10-23(2)22-13)19(25)21-9-15-17-11-24(14-4-7-26-8-5-14)12-20(17)6-3-18(15)27-20/h10,14-15,17-18H,3-9,11-12H2,1-2H3,(H,21,25)/t15-,17+,18+,20+/m0/s1. The SMILES string of the molecule is Cc1nn(C)cc1C(=O)NC[C@H]1[C@H]2CN(C3CCOCC3)C[C@]23CC[C@H]1O3. The molecule has 4 atom stereocenters. The lowest BCUT2D eigenvalue weighted by molar-refractivity contribution is -0.0122. The molecule has 5 rings (SSSR count). The Kier molecular flexibility index (Phi) is 4.29. The molecule has 4 aliphatic heterocycles. The van der Waals surface area contributed by atoms with Crippen LogP contribution in [0.15, 0.2) is 6.20 Å². The van der Waals surface area contributed by atoms with Crippen LogP contribution in [0.4, 0.5) is 0 Å². The zero-order valence-electron chi connectivity index (χ0n) is 16.3. The van der Waals surface area contributed by atoms with Crippen LogP contribution >= 0.6 is 0 Å². The number of amides is 1. The smallest absolute Gasteiger partial charge is 0.254 e. The highest BCUT2D eigenvalue weighted by atomic mass is 16.5. The number of ether oxygens (including phenoxy) is 2. The van der Waals surface area contributed by atoms with E-state index >= 15 is 0 Å². The Morgan fingerprint density at radius 2 is 2.19 bits per heavy atom. The lowest BCUT2D eigenvalue weighted by atomic mass is 9.73. The summed E-state index contributed by atoms with van der Waals surface area (Å²) in [6.07, 6.45) is 6.68. The van der Waals surface area contributed by atoms with Crippen LogP contribution < -0.4 is 5.32 Å². The lowest BCUT2D eigenvalue weighted by Gasteiger charge is -2.32. The maximum absolute atomic E-state index is 12.6. The van der Waals surface area contributed by atoms with Gasteiger partial charge in [-0.2, -0.15) is 5.10 Å². The topological polar surface area (TPSA) is 68.6 Å². The van der Waals surface area contributed by atoms with Crippen LogP contribution in [0.3, 0.4) is 0 Å². The molecule has 0 unspecified atom stereocenters. The average Bonchev–Trinajstić information content (AvgIpc) is 3.39. The highest BCUT2D eigenvalue weighted by Gasteiger charge is 2.63. The Hall–Kier alpha value is -1.44. The quantitative estimate of drug-likeness (QED) is 0.855. The number of hydrogen-bond acceptors (Lipinski definition) is 5. The van der Waals surface area contributed by atoms with E-state index in [0.29, 0.717) is 36.1 Å². The third-order valence-corrected chi connectivity index (χ3v) is 7.27. The number of hydrogen-bond donors (Lipinski definition) is 1. The molecule has 0 aliphatic carbocycles. The van der Waals surface area contributed by atoms with Crippen molar-refractivity contribution in [2.75, 3.05) is 32.8 Å². The van der Waals surface area contributed by atoms with Crippen LogP contribution in [0.2, 0.25) is 0 Å². The van der Waals surface area contributed by atoms with E-state index in [1.54, 1.807) is 10.9 Å². The van der Waals surface area contributed by atoms with Crippen molar-refractivity contribution < 1.29 is 14.3 Å². The van der Waals surface area contributed by atoms with Crippen LogP contribution in [0, 0.1) is 18.8 Å². The molecular weight excluding hydrogens is 344 g/mol. The Morgan fingerprint density at radius 1 is 1.37 bits per heavy atom. The van der Waals surface area contributed by atoms with Crippen molar-refractivity contribution in [1.82, 2.24) is 20.0 Å². The normalized spacial score (nSPS) is 36.3. The van der Waals surface area contributed by atoms with Gasteiger partial charge in [0, 0.05) is 64.0 Å². The lowest BCUT2D eigenvalue weighted by Crippen LogP contribution is -2.42. The summed E-state index contributed by atoms with van der Waals surface area (Å²) < 4.78 is 13.8. The number of aryl methyl sites for hydroxylation is 2. The molecule has 1 N–H and O–H groups in total. The van der Waals surface area contributed by atoms with Crippen molar-refractivity contribution in [2.24, 2.45) is 18.9 Å². The predicted molar refractivity (Wildman–Crippen MR) is 99.5 cm³/mol. The highest BCUT2D eigenvalue weighted by Crippen LogP contribution is 2.55. The second kappa shape index (κ2) is 6.57. The molecule has 7 heteroatoms. The van der Waals surface area contributed by atoms with E-state index in [-0.39, 0.29) is 11.5 Å². The number of nitrogens with zero attached hydrogens (tertiary/aromatic N) is 3. The summed E-state index contributed by atoms with van der Waals surface area (Å²) >= 11 is 0. The van der Waals surface area contributed by atoms with Gasteiger partial charge in [-0.3, -0.25) is 14.4 Å². The first-order valence-electron chi connectivity index (χ1n) is 10.3. The summed E-state index contributed by atoms with van der Waals surface area (Å²) in [5.74, 6) is 0.940. The molecule has 4 saturated heterocycles. The molecule has 0 radical (unpaired) electrons. The minimum atomic E-state index is -0.0169. The Balaban J connectivity index is 1.25. The molecule has 0 saturated carbocycles. The van der Waals surface area contributed by atoms with Gasteiger partial charge in [0.15, 0.2) is 0 Å². The first-order valence-corrected chi connectivity index (χ1v) is 10.3. The van der Waals surface area contributed by atoms with Crippen molar-refractivity contribution in [2.45, 2.75) is 50.4 Å². The average molecular weight is 374 g/mol. The molecule has 4 aliphatic rings. The van der Waals surface area contributed by atoms with E-state index in [9.17, 15) is 4.79 Å². The first kappa shape index (κ1) is 17.6. The van der Waals surface area contributed by atoms with Crippen molar-refractivity contribution in [3.8, 4) is 0 Å². The van der Waals surface area contributed by atoms with Gasteiger partial charge in [-0.05, 0) is 32.6 Å². The van der Waals surface area contributed by atoms with Gasteiger partial charge in [0.1, 0.15) is 0 Å². The molecule has 1 aromatic heterocycles. The molecule has 5 heterocycles. The summed E-state index contributed by atoms with van der Waals surface area (Å²) in [6, 6.07) is 0.634. The molecule has 1 amide bonds. The largest absolute Gasteiger partial charge is 0.381 e. The van der Waals surface area contributed by atoms with Gasteiger partial charge in [0.25, 0.3) is 5.91 Å². The van der Waals surface area contributed by atoms with E-state index in [2.05, 4.69) is 15.3 Å². The zero-order valence-corrected chi connectivity index (χ0v) is 16.3. The summed E-state index contributed by atoms with van der Waals surface area (Å²) in [5.41, 5.74) is 1.48. The first-order chi connectivity index (χ1) is 13.1. The molecule has 27 heavy (non-hydrogen) atoms. The monoisotopic (exact) mass is 374 g/mol. The molecule has 1 aromatic rings. The Labute approximate surface area is 160 Å². The molecule has 2 bridgehead atoms. The van der Waals surface area contributed by atoms with Crippen LogP contribution in [0.5, 0.6) is 0 Å². The van der Waals surface area contributed by atoms with Crippen LogP contribution in [-0.4, -0.2) is 71.2 Å². The van der Waals surface area contributed by atoms with Gasteiger partial charge in [-0.25, -0.2) is 0 Å². The number of fused-ring (bicyclic) bond motifs is 1. The van der Waals surface area contributed by atoms with Gasteiger partial charge in [0.05, 0.1) is 23.0 Å². The van der Waals surface area contributed by atoms with Crippen LogP contribution in [-0.2, 0) is 16.5 Å². The van der Waals surface area contributed by atoms with E-state index in [0.717, 1.165) is 51.3 Å². The molecule has 7 nitrogen and oxygen atoms in total. The predicted octanol–water partition coefficient (Wildman–Crippen LogP) is 1.12. The van der Waals surface area contributed by atoms with Crippen molar-refractivity contribution >= 4 is 5.91 Å². The molecule has 4 fully saturated rings. The van der Waals surface area contributed by atoms with Gasteiger partial charge in [-0.1, -0.05) is 0 Å². The maximum atomic E-state index is 12.6. The molecule has 1 spiro atoms. The van der Waals surface area contributed by atoms with Gasteiger partial charge in [0.2, 0.25) is 0 Å². The second-order valence-electron chi connectivity index (χ2n) is 8.81. The fourth-order valence-corrected chi connectivity index (χ4v) is 5.96. The van der Waals surface area contributed by atoms with Gasteiger partial charge in [-0.15, -0.1) is 0 Å². The fraction of sp³-hybridized carbons (Fsp3) is 0.800. The number of rotatable bonds is 4. The van der Waals surface area contributed by atoms with Crippen molar-refractivity contribution in [3.05, 3.63) is 17.5 Å². The van der Waals surface area contributed by atoms with E-state index in [1.807, 2.05) is 14.0 Å². The third kappa shape index (κ3) is 2.91. The summed E-state index contributed by atoms with van der Waals surface area (Å²) in [6.45, 7) is 6.51. The van der Waals surface area contributed by atoms with E-state index < -0.39 is 0 Å². The summed E-state index contributed by atoms with van der Waals surface area (Å²) in [7, 11) is 1.85. The van der Waals surface area contributed by atoms with Gasteiger partial charge >= 0.3 is 0 Å².